The fourth-order valence-corrected chi connectivity index (χ4v) is 6.56. The first-order valence-electron chi connectivity index (χ1n) is 21.5. The van der Waals surface area contributed by atoms with Gasteiger partial charge in [0.25, 0.3) is 11.8 Å². The molecule has 0 radical (unpaired) electrons. The molecule has 1 aromatic heterocycles. The van der Waals surface area contributed by atoms with Crippen LogP contribution in [0.15, 0.2) is 93.1 Å². The molecular formula is C49H81F2N11O4. The SMILES string of the molecule is C.C.C=C(CNC(=O)c1ccnc2c(NC=O)cccc12)N1CC(F)(F)CC1C#N.C=CCN1CN(CC=O)CNCN(C(C=C)CCCCNC(=C)CCC)C1.C=CN.CC.CC(C)=O. The third kappa shape index (κ3) is 25.0. The lowest BCUT2D eigenvalue weighted by Gasteiger charge is -2.39. The number of aldehydes is 1. The minimum absolute atomic E-state index is 0. The minimum Gasteiger partial charge on any atom is -0.405 e. The van der Waals surface area contributed by atoms with E-state index in [1.165, 1.54) is 37.2 Å². The number of ketones is 1. The number of benzene rings is 1. The number of para-hydroxylation sites is 1. The van der Waals surface area contributed by atoms with Gasteiger partial charge in [-0.25, -0.2) is 8.78 Å². The lowest BCUT2D eigenvalue weighted by Crippen LogP contribution is -2.55. The molecule has 2 amide bonds. The summed E-state index contributed by atoms with van der Waals surface area (Å²) >= 11 is 0. The van der Waals surface area contributed by atoms with Gasteiger partial charge in [-0.15, -0.1) is 13.2 Å². The molecule has 2 aromatic rings. The number of nitrogens with zero attached hydrogens (tertiary/aromatic N) is 6. The van der Waals surface area contributed by atoms with Gasteiger partial charge in [-0.05, 0) is 57.9 Å². The van der Waals surface area contributed by atoms with E-state index in [4.69, 9.17) is 5.26 Å². The molecule has 1 aromatic carbocycles. The second-order valence-corrected chi connectivity index (χ2v) is 14.7. The minimum atomic E-state index is -2.96. The number of halogens is 2. The Kier molecular flexibility index (Phi) is 36.6. The second-order valence-electron chi connectivity index (χ2n) is 14.7. The van der Waals surface area contributed by atoms with Crippen molar-refractivity contribution < 1.29 is 28.0 Å². The van der Waals surface area contributed by atoms with Crippen LogP contribution in [0.1, 0.15) is 98.4 Å². The molecule has 15 nitrogen and oxygen atoms in total. The molecule has 2 atom stereocenters. The van der Waals surface area contributed by atoms with Crippen molar-refractivity contribution in [2.75, 3.05) is 64.7 Å². The molecule has 66 heavy (non-hydrogen) atoms. The molecule has 6 N–H and O–H groups in total. The van der Waals surface area contributed by atoms with Gasteiger partial charge in [0, 0.05) is 48.5 Å². The lowest BCUT2D eigenvalue weighted by atomic mass is 10.1. The quantitative estimate of drug-likeness (QED) is 0.0496. The number of nitrogens with one attached hydrogen (secondary N) is 4. The number of anilines is 1. The van der Waals surface area contributed by atoms with Crippen LogP contribution in [0, 0.1) is 11.3 Å². The Morgan fingerprint density at radius 2 is 1.71 bits per heavy atom. The van der Waals surface area contributed by atoms with Gasteiger partial charge in [0.05, 0.1) is 69.1 Å². The number of aromatic nitrogens is 1. The third-order valence-corrected chi connectivity index (χ3v) is 9.25. The molecule has 3 heterocycles. The number of carbonyl (C=O) groups is 4. The van der Waals surface area contributed by atoms with Gasteiger partial charge in [0.15, 0.2) is 0 Å². The fourth-order valence-electron chi connectivity index (χ4n) is 6.56. The number of Topliss-reactive ketones (excluding diaryl/α,β-unsaturated/α-hetero) is 1. The number of nitrogens with two attached hydrogens (primary N) is 1. The van der Waals surface area contributed by atoms with Crippen LogP contribution in [0.3, 0.4) is 0 Å². The van der Waals surface area contributed by atoms with Crippen molar-refractivity contribution in [3.05, 3.63) is 98.7 Å². The molecule has 2 aliphatic heterocycles. The van der Waals surface area contributed by atoms with E-state index in [1.807, 2.05) is 26.0 Å². The molecular weight excluding hydrogens is 845 g/mol. The summed E-state index contributed by atoms with van der Waals surface area (Å²) in [5, 5.41) is 21.6. The number of alkyl halides is 2. The Labute approximate surface area is 394 Å². The van der Waals surface area contributed by atoms with Crippen LogP contribution in [-0.2, 0) is 14.4 Å². The first kappa shape index (κ1) is 64.5. The topological polar surface area (TPSA) is 192 Å². The first-order valence-corrected chi connectivity index (χ1v) is 21.5. The summed E-state index contributed by atoms with van der Waals surface area (Å²) in [6.45, 7) is 32.7. The normalized spacial score (nSPS) is 15.7. The van der Waals surface area contributed by atoms with E-state index in [0.29, 0.717) is 47.8 Å². The molecule has 4 rings (SSSR count). The summed E-state index contributed by atoms with van der Waals surface area (Å²) in [6.07, 6.45) is 13.2. The highest BCUT2D eigenvalue weighted by molar-refractivity contribution is 6.09. The van der Waals surface area contributed by atoms with E-state index < -0.39 is 30.8 Å². The van der Waals surface area contributed by atoms with Crippen molar-refractivity contribution in [2.24, 2.45) is 5.73 Å². The van der Waals surface area contributed by atoms with Crippen molar-refractivity contribution in [3.63, 3.8) is 0 Å². The number of fused-ring (bicyclic) bond motifs is 1. The highest BCUT2D eigenvalue weighted by Crippen LogP contribution is 2.33. The zero-order valence-electron chi connectivity index (χ0n) is 38.7. The Morgan fingerprint density at radius 1 is 1.05 bits per heavy atom. The van der Waals surface area contributed by atoms with Crippen LogP contribution in [-0.4, -0.2) is 126 Å². The molecule has 0 saturated carbocycles. The van der Waals surface area contributed by atoms with Gasteiger partial charge in [0.1, 0.15) is 18.1 Å². The molecule has 2 saturated heterocycles. The predicted molar refractivity (Wildman–Crippen MR) is 268 cm³/mol. The van der Waals surface area contributed by atoms with Crippen molar-refractivity contribution in [3.8, 4) is 6.07 Å². The molecule has 0 bridgehead atoms. The number of pyridine rings is 1. The maximum absolute atomic E-state index is 13.6. The molecule has 2 aliphatic rings. The van der Waals surface area contributed by atoms with Crippen LogP contribution in [0.25, 0.3) is 10.9 Å². The van der Waals surface area contributed by atoms with Gasteiger partial charge in [-0.3, -0.25) is 34.6 Å². The zero-order valence-corrected chi connectivity index (χ0v) is 38.7. The fraction of sp³-hybridized carbons (Fsp3) is 0.510. The third-order valence-electron chi connectivity index (χ3n) is 9.25. The Bertz CT molecular complexity index is 1820. The number of amides is 2. The molecule has 17 heteroatoms. The highest BCUT2D eigenvalue weighted by Gasteiger charge is 2.45. The smallest absolute Gasteiger partial charge is 0.268 e. The monoisotopic (exact) mass is 926 g/mol. The van der Waals surface area contributed by atoms with Gasteiger partial charge in [-0.1, -0.05) is 86.1 Å². The van der Waals surface area contributed by atoms with Gasteiger partial charge < -0.3 is 36.2 Å². The number of unbranched alkanes of at least 4 members (excludes halogenated alkanes) is 1. The standard InChI is InChI=1S/C21H39N5O.C19H17F2N5O2.C3H6O.C2H5N.C2H6.2CH4/c1-5-10-20(4)23-12-9-8-11-21(7-3)26-17-22-16-24(14-15-27)18-25(19-26)13-6-2;1-12(26-10-19(20,21)7-13(26)8-22)9-24-18(28)15-5-6-23-17-14(15)3-2-4-16(17)25-11-27;1-3(2)4;1-2-3;1-2;;/h6-7,15,21-23H,2-5,8-14,16-19H2,1H3;2-6,11,13H,1,7,9-10H2,(H,24,28)(H,25,27);1-2H3;2H,1,3H2;1-2H3;2*1H4. The molecule has 0 aliphatic carbocycles. The van der Waals surface area contributed by atoms with Crippen LogP contribution in [0.5, 0.6) is 0 Å². The maximum atomic E-state index is 13.6. The Balaban J connectivity index is -0.000000994. The van der Waals surface area contributed by atoms with Crippen LogP contribution >= 0.6 is 0 Å². The second kappa shape index (κ2) is 37.4. The number of nitriles is 1. The van der Waals surface area contributed by atoms with Crippen molar-refractivity contribution in [1.82, 2.24) is 40.5 Å². The summed E-state index contributed by atoms with van der Waals surface area (Å²) in [4.78, 5) is 55.9. The van der Waals surface area contributed by atoms with Crippen LogP contribution in [0.4, 0.5) is 14.5 Å². The molecule has 2 fully saturated rings. The number of hydrogen-bond donors (Lipinski definition) is 5. The molecule has 2 unspecified atom stereocenters. The van der Waals surface area contributed by atoms with Crippen molar-refractivity contribution in [1.29, 1.82) is 5.26 Å². The maximum Gasteiger partial charge on any atom is 0.268 e. The predicted octanol–water partition coefficient (Wildman–Crippen LogP) is 7.60. The number of carbonyl (C=O) groups excluding carboxylic acids is 4. The van der Waals surface area contributed by atoms with E-state index >= 15 is 0 Å². The number of likely N-dealkylation sites (tertiary alicyclic amines) is 1. The zero-order chi connectivity index (χ0) is 48.5. The van der Waals surface area contributed by atoms with Gasteiger partial charge in [-0.2, -0.15) is 5.26 Å². The number of hydrogen-bond acceptors (Lipinski definition) is 13. The molecule has 370 valence electrons. The average Bonchev–Trinajstić information content (AvgIpc) is 3.58. The number of allylic oxidation sites excluding steroid dienone is 1. The average molecular weight is 926 g/mol. The van der Waals surface area contributed by atoms with Crippen molar-refractivity contribution >= 4 is 41.0 Å². The first-order chi connectivity index (χ1) is 30.6. The number of rotatable bonds is 20. The summed E-state index contributed by atoms with van der Waals surface area (Å²) < 4.78 is 27.1. The summed E-state index contributed by atoms with van der Waals surface area (Å²) in [6, 6.07) is 7.74. The van der Waals surface area contributed by atoms with Gasteiger partial charge >= 0.3 is 0 Å². The van der Waals surface area contributed by atoms with E-state index in [2.05, 4.69) is 92.6 Å². The summed E-state index contributed by atoms with van der Waals surface area (Å²) in [7, 11) is 0. The summed E-state index contributed by atoms with van der Waals surface area (Å²) in [5.74, 6) is -3.24. The Morgan fingerprint density at radius 3 is 2.29 bits per heavy atom. The van der Waals surface area contributed by atoms with Crippen LogP contribution < -0.4 is 27.0 Å². The van der Waals surface area contributed by atoms with E-state index in [1.54, 1.807) is 18.2 Å². The largest absolute Gasteiger partial charge is 0.405 e. The van der Waals surface area contributed by atoms with Gasteiger partial charge in [0.2, 0.25) is 6.41 Å². The van der Waals surface area contributed by atoms with E-state index in [9.17, 15) is 28.0 Å². The molecule has 0 spiro atoms. The van der Waals surface area contributed by atoms with Crippen molar-refractivity contribution in [2.45, 2.75) is 106 Å². The summed E-state index contributed by atoms with van der Waals surface area (Å²) in [5.41, 5.74) is 7.22. The lowest BCUT2D eigenvalue weighted by molar-refractivity contribution is -0.115. The highest BCUT2D eigenvalue weighted by atomic mass is 19.3. The van der Waals surface area contributed by atoms with E-state index in [-0.39, 0.29) is 32.9 Å². The Hall–Kier alpha value is -5.80. The van der Waals surface area contributed by atoms with Crippen LogP contribution in [0.2, 0.25) is 0 Å². The van der Waals surface area contributed by atoms with E-state index in [0.717, 1.165) is 77.2 Å².